The molecule has 3 fully saturated rings. The van der Waals surface area contributed by atoms with Crippen LogP contribution in [0.25, 0.3) is 0 Å². The quantitative estimate of drug-likeness (QED) is 0.847. The molecule has 1 N–H and O–H groups in total. The molecule has 3 aliphatic rings. The first-order valence-electron chi connectivity index (χ1n) is 9.71. The maximum absolute atomic E-state index is 12.3. The number of rotatable bonds is 6. The van der Waals surface area contributed by atoms with Crippen LogP contribution < -0.4 is 5.32 Å². The summed E-state index contributed by atoms with van der Waals surface area (Å²) in [5.74, 6) is 1.67. The van der Waals surface area contributed by atoms with Gasteiger partial charge in [-0.15, -0.1) is 11.3 Å². The van der Waals surface area contributed by atoms with E-state index < -0.39 is 0 Å². The second-order valence-corrected chi connectivity index (χ2v) is 8.61. The third-order valence-corrected chi connectivity index (χ3v) is 6.86. The highest BCUT2D eigenvalue weighted by Gasteiger charge is 2.32. The fourth-order valence-corrected chi connectivity index (χ4v) is 4.71. The topological polar surface area (TPSA) is 62.3 Å². The van der Waals surface area contributed by atoms with E-state index in [0.717, 1.165) is 63.7 Å². The van der Waals surface area contributed by atoms with Crippen molar-refractivity contribution in [2.24, 2.45) is 11.8 Å². The van der Waals surface area contributed by atoms with Gasteiger partial charge in [-0.25, -0.2) is 4.98 Å². The fraction of sp³-hybridized carbons (Fsp3) is 0.737. The molecular weight excluding hydrogens is 334 g/mol. The summed E-state index contributed by atoms with van der Waals surface area (Å²) in [6, 6.07) is 0. The third-order valence-electron chi connectivity index (χ3n) is 5.81. The molecule has 1 aromatic rings. The van der Waals surface area contributed by atoms with Gasteiger partial charge in [-0.05, 0) is 38.5 Å². The zero-order valence-electron chi connectivity index (χ0n) is 14.7. The van der Waals surface area contributed by atoms with Crippen molar-refractivity contribution in [3.63, 3.8) is 0 Å². The Balaban J connectivity index is 1.22. The van der Waals surface area contributed by atoms with Crippen LogP contribution in [0.1, 0.15) is 61.6 Å². The van der Waals surface area contributed by atoms with E-state index in [4.69, 9.17) is 4.98 Å². The predicted octanol–water partition coefficient (Wildman–Crippen LogP) is 2.72. The maximum Gasteiger partial charge on any atom is 0.225 e. The van der Waals surface area contributed by atoms with Gasteiger partial charge in [0.25, 0.3) is 0 Å². The Morgan fingerprint density at radius 1 is 1.12 bits per heavy atom. The molecule has 1 aromatic heterocycles. The van der Waals surface area contributed by atoms with Gasteiger partial charge in [0.05, 0.1) is 10.7 Å². The molecule has 0 aromatic carbocycles. The van der Waals surface area contributed by atoms with Crippen LogP contribution in [-0.2, 0) is 16.0 Å². The van der Waals surface area contributed by atoms with E-state index in [1.807, 2.05) is 0 Å². The molecule has 2 heterocycles. The predicted molar refractivity (Wildman–Crippen MR) is 97.4 cm³/mol. The molecule has 136 valence electrons. The first kappa shape index (κ1) is 17.0. The lowest BCUT2D eigenvalue weighted by Crippen LogP contribution is -2.43. The summed E-state index contributed by atoms with van der Waals surface area (Å²) in [6.07, 6.45) is 8.37. The number of amides is 2. The number of thiazole rings is 1. The van der Waals surface area contributed by atoms with Crippen LogP contribution in [-0.4, -0.2) is 41.3 Å². The van der Waals surface area contributed by atoms with E-state index in [1.165, 1.54) is 11.4 Å². The monoisotopic (exact) mass is 361 g/mol. The van der Waals surface area contributed by atoms with E-state index in [9.17, 15) is 9.59 Å². The van der Waals surface area contributed by atoms with Gasteiger partial charge in [0.15, 0.2) is 0 Å². The zero-order valence-corrected chi connectivity index (χ0v) is 15.5. The molecule has 0 bridgehead atoms. The van der Waals surface area contributed by atoms with Crippen LogP contribution in [0.5, 0.6) is 0 Å². The Bertz CT molecular complexity index is 628. The molecule has 0 spiro atoms. The molecule has 25 heavy (non-hydrogen) atoms. The Kier molecular flexibility index (Phi) is 5.06. The lowest BCUT2D eigenvalue weighted by Gasteiger charge is -2.36. The van der Waals surface area contributed by atoms with Crippen LogP contribution in [0, 0.1) is 11.8 Å². The van der Waals surface area contributed by atoms with E-state index in [2.05, 4.69) is 15.6 Å². The standard InChI is InChI=1S/C19H27N3O2S/c23-17(13-4-5-13)20-9-6-16-12-25-18(21-16)14-7-10-22(11-8-14)19(24)15-2-1-3-15/h12-15H,1-11H2,(H,20,23). The highest BCUT2D eigenvalue weighted by molar-refractivity contribution is 7.09. The van der Waals surface area contributed by atoms with Crippen molar-refractivity contribution >= 4 is 23.2 Å². The molecule has 2 saturated carbocycles. The number of likely N-dealkylation sites (tertiary alicyclic amines) is 1. The molecule has 1 aliphatic heterocycles. The minimum absolute atomic E-state index is 0.207. The Morgan fingerprint density at radius 2 is 1.88 bits per heavy atom. The van der Waals surface area contributed by atoms with Crippen molar-refractivity contribution in [3.05, 3.63) is 16.1 Å². The summed E-state index contributed by atoms with van der Waals surface area (Å²) in [4.78, 5) is 30.8. The van der Waals surface area contributed by atoms with Gasteiger partial charge in [0.1, 0.15) is 0 Å². The maximum atomic E-state index is 12.3. The van der Waals surface area contributed by atoms with Crippen molar-refractivity contribution in [1.29, 1.82) is 0 Å². The number of carbonyl (C=O) groups is 2. The molecule has 0 atom stereocenters. The average molecular weight is 362 g/mol. The minimum atomic E-state index is 0.207. The van der Waals surface area contributed by atoms with Crippen LogP contribution in [0.15, 0.2) is 5.38 Å². The van der Waals surface area contributed by atoms with Crippen LogP contribution in [0.3, 0.4) is 0 Å². The molecule has 4 rings (SSSR count). The van der Waals surface area contributed by atoms with Crippen molar-refractivity contribution in [1.82, 2.24) is 15.2 Å². The SMILES string of the molecule is O=C(NCCc1csc(C2CCN(C(=O)C3CCC3)CC2)n1)C1CC1. The first-order valence-corrected chi connectivity index (χ1v) is 10.6. The Morgan fingerprint density at radius 3 is 2.52 bits per heavy atom. The summed E-state index contributed by atoms with van der Waals surface area (Å²) in [7, 11) is 0. The van der Waals surface area contributed by atoms with Gasteiger partial charge in [-0.3, -0.25) is 9.59 Å². The lowest BCUT2D eigenvalue weighted by atomic mass is 9.83. The van der Waals surface area contributed by atoms with Gasteiger partial charge in [0, 0.05) is 49.2 Å². The molecule has 0 radical (unpaired) electrons. The van der Waals surface area contributed by atoms with Crippen LogP contribution >= 0.6 is 11.3 Å². The molecule has 6 heteroatoms. The average Bonchev–Trinajstić information content (AvgIpc) is 3.33. The van der Waals surface area contributed by atoms with Gasteiger partial charge in [-0.2, -0.15) is 0 Å². The summed E-state index contributed by atoms with van der Waals surface area (Å²) in [5, 5.41) is 6.34. The number of aromatic nitrogens is 1. The van der Waals surface area contributed by atoms with Crippen molar-refractivity contribution in [3.8, 4) is 0 Å². The summed E-state index contributed by atoms with van der Waals surface area (Å²) in [5.41, 5.74) is 1.09. The molecule has 2 amide bonds. The van der Waals surface area contributed by atoms with E-state index in [-0.39, 0.29) is 11.8 Å². The second kappa shape index (κ2) is 7.44. The number of nitrogens with zero attached hydrogens (tertiary/aromatic N) is 2. The second-order valence-electron chi connectivity index (χ2n) is 7.72. The third kappa shape index (κ3) is 4.05. The normalized spacial score (nSPS) is 21.8. The van der Waals surface area contributed by atoms with Crippen molar-refractivity contribution < 1.29 is 9.59 Å². The Hall–Kier alpha value is -1.43. The van der Waals surface area contributed by atoms with E-state index >= 15 is 0 Å². The number of hydrogen-bond donors (Lipinski definition) is 1. The van der Waals surface area contributed by atoms with Crippen LogP contribution in [0.4, 0.5) is 0 Å². The highest BCUT2D eigenvalue weighted by atomic mass is 32.1. The number of carbonyl (C=O) groups excluding carboxylic acids is 2. The Labute approximate surface area is 153 Å². The fourth-order valence-electron chi connectivity index (χ4n) is 3.69. The minimum Gasteiger partial charge on any atom is -0.355 e. The first-order chi connectivity index (χ1) is 12.2. The molecule has 2 aliphatic carbocycles. The lowest BCUT2D eigenvalue weighted by molar-refractivity contribution is -0.139. The number of hydrogen-bond acceptors (Lipinski definition) is 4. The highest BCUT2D eigenvalue weighted by Crippen LogP contribution is 2.34. The zero-order chi connectivity index (χ0) is 17.2. The van der Waals surface area contributed by atoms with E-state index in [0.29, 0.717) is 24.3 Å². The van der Waals surface area contributed by atoms with E-state index in [1.54, 1.807) is 11.3 Å². The van der Waals surface area contributed by atoms with Crippen LogP contribution in [0.2, 0.25) is 0 Å². The van der Waals surface area contributed by atoms with Gasteiger partial charge in [0.2, 0.25) is 11.8 Å². The van der Waals surface area contributed by atoms with Gasteiger partial charge in [-0.1, -0.05) is 6.42 Å². The number of nitrogens with one attached hydrogen (secondary N) is 1. The molecular formula is C19H27N3O2S. The number of piperidine rings is 1. The van der Waals surface area contributed by atoms with Gasteiger partial charge >= 0.3 is 0 Å². The van der Waals surface area contributed by atoms with Gasteiger partial charge < -0.3 is 10.2 Å². The molecule has 1 saturated heterocycles. The van der Waals surface area contributed by atoms with Crippen molar-refractivity contribution in [2.45, 2.75) is 57.3 Å². The molecule has 5 nitrogen and oxygen atoms in total. The largest absolute Gasteiger partial charge is 0.355 e. The summed E-state index contributed by atoms with van der Waals surface area (Å²) < 4.78 is 0. The summed E-state index contributed by atoms with van der Waals surface area (Å²) >= 11 is 1.74. The van der Waals surface area contributed by atoms with Crippen molar-refractivity contribution in [2.75, 3.05) is 19.6 Å². The smallest absolute Gasteiger partial charge is 0.225 e. The molecule has 0 unspecified atom stereocenters. The summed E-state index contributed by atoms with van der Waals surface area (Å²) in [6.45, 7) is 2.45.